The summed E-state index contributed by atoms with van der Waals surface area (Å²) in [4.78, 5) is 8.95. The number of aliphatic hydroxyl groups excluding tert-OH is 1. The summed E-state index contributed by atoms with van der Waals surface area (Å²) in [6, 6.07) is 13.3. The van der Waals surface area contributed by atoms with Crippen LogP contribution in [0.2, 0.25) is 0 Å². The molecule has 4 N–H and O–H groups in total. The van der Waals surface area contributed by atoms with Crippen molar-refractivity contribution in [3.8, 4) is 11.6 Å². The van der Waals surface area contributed by atoms with Crippen molar-refractivity contribution in [1.29, 1.82) is 0 Å². The maximum atomic E-state index is 10.2. The molecule has 0 radical (unpaired) electrons. The van der Waals surface area contributed by atoms with Crippen LogP contribution in [0, 0.1) is 0 Å². The standard InChI is InChI=1S/C20H26N6O2/c1-2-21-20(22-12-10-16(27)15-7-4-3-5-8-15)23-13-11-18-24-19(26-25-18)17-9-6-14-28-17/h3-9,14,16,27H,2,10-13H2,1H3,(H2,21,22,23)(H,24,25,26). The second-order valence-corrected chi connectivity index (χ2v) is 6.24. The summed E-state index contributed by atoms with van der Waals surface area (Å²) < 4.78 is 5.29. The molecule has 0 aliphatic carbocycles. The molecule has 3 rings (SSSR count). The van der Waals surface area contributed by atoms with Gasteiger partial charge < -0.3 is 20.2 Å². The molecule has 148 valence electrons. The number of benzene rings is 1. The van der Waals surface area contributed by atoms with Gasteiger partial charge in [-0.1, -0.05) is 30.3 Å². The number of nitrogens with one attached hydrogen (secondary N) is 3. The van der Waals surface area contributed by atoms with E-state index in [1.54, 1.807) is 12.3 Å². The van der Waals surface area contributed by atoms with E-state index in [0.717, 1.165) is 17.9 Å². The zero-order valence-electron chi connectivity index (χ0n) is 15.9. The maximum absolute atomic E-state index is 10.2. The Balaban J connectivity index is 1.45. The van der Waals surface area contributed by atoms with Crippen LogP contribution < -0.4 is 10.6 Å². The molecule has 0 aliphatic rings. The van der Waals surface area contributed by atoms with Crippen molar-refractivity contribution in [2.24, 2.45) is 4.99 Å². The molecule has 1 unspecified atom stereocenters. The Morgan fingerprint density at radius 2 is 2.07 bits per heavy atom. The number of furan rings is 1. The van der Waals surface area contributed by atoms with Gasteiger partial charge in [0.15, 0.2) is 11.7 Å². The molecule has 0 bridgehead atoms. The summed E-state index contributed by atoms with van der Waals surface area (Å²) in [6.07, 6.45) is 2.32. The van der Waals surface area contributed by atoms with Gasteiger partial charge in [-0.15, -0.1) is 0 Å². The van der Waals surface area contributed by atoms with Gasteiger partial charge in [0.05, 0.1) is 12.4 Å². The summed E-state index contributed by atoms with van der Waals surface area (Å²) >= 11 is 0. The summed E-state index contributed by atoms with van der Waals surface area (Å²) in [6.45, 7) is 3.95. The van der Waals surface area contributed by atoms with E-state index in [2.05, 4.69) is 30.8 Å². The fraction of sp³-hybridized carbons (Fsp3) is 0.350. The predicted octanol–water partition coefficient (Wildman–Crippen LogP) is 2.29. The SMILES string of the molecule is CCNC(=NCCC(O)c1ccccc1)NCCc1nc(-c2ccco2)n[nH]1. The highest BCUT2D eigenvalue weighted by Gasteiger charge is 2.09. The molecule has 28 heavy (non-hydrogen) atoms. The van der Waals surface area contributed by atoms with Crippen LogP contribution >= 0.6 is 0 Å². The highest BCUT2D eigenvalue weighted by molar-refractivity contribution is 5.79. The first-order chi connectivity index (χ1) is 13.8. The number of hydrogen-bond acceptors (Lipinski definition) is 5. The number of aromatic nitrogens is 3. The largest absolute Gasteiger partial charge is 0.461 e. The van der Waals surface area contributed by atoms with Gasteiger partial charge in [-0.25, -0.2) is 4.98 Å². The molecule has 0 aliphatic heterocycles. The lowest BCUT2D eigenvalue weighted by molar-refractivity contribution is 0.170. The minimum absolute atomic E-state index is 0.512. The first kappa shape index (κ1) is 19.6. The normalized spacial score (nSPS) is 12.7. The van der Waals surface area contributed by atoms with E-state index in [0.29, 0.717) is 43.5 Å². The van der Waals surface area contributed by atoms with Gasteiger partial charge in [0, 0.05) is 26.1 Å². The lowest BCUT2D eigenvalue weighted by Gasteiger charge is -2.12. The van der Waals surface area contributed by atoms with Crippen LogP contribution in [0.15, 0.2) is 58.1 Å². The molecular weight excluding hydrogens is 356 g/mol. The van der Waals surface area contributed by atoms with Crippen LogP contribution in [-0.4, -0.2) is 45.9 Å². The molecule has 0 amide bonds. The number of rotatable bonds is 9. The summed E-state index contributed by atoms with van der Waals surface area (Å²) in [5, 5.41) is 23.8. The van der Waals surface area contributed by atoms with Gasteiger partial charge in [0.2, 0.25) is 5.82 Å². The first-order valence-corrected chi connectivity index (χ1v) is 9.46. The molecule has 3 aromatic rings. The number of nitrogens with zero attached hydrogens (tertiary/aromatic N) is 3. The van der Waals surface area contributed by atoms with Crippen LogP contribution in [0.5, 0.6) is 0 Å². The number of H-pyrrole nitrogens is 1. The number of hydrogen-bond donors (Lipinski definition) is 4. The summed E-state index contributed by atoms with van der Waals surface area (Å²) in [5.41, 5.74) is 0.911. The molecule has 8 nitrogen and oxygen atoms in total. The highest BCUT2D eigenvalue weighted by atomic mass is 16.3. The molecule has 1 atom stereocenters. The van der Waals surface area contributed by atoms with E-state index in [1.165, 1.54) is 0 Å². The minimum Gasteiger partial charge on any atom is -0.461 e. The van der Waals surface area contributed by atoms with E-state index in [1.807, 2.05) is 43.3 Å². The lowest BCUT2D eigenvalue weighted by atomic mass is 10.1. The molecule has 0 saturated carbocycles. The fourth-order valence-corrected chi connectivity index (χ4v) is 2.70. The fourth-order valence-electron chi connectivity index (χ4n) is 2.70. The number of guanidine groups is 1. The van der Waals surface area contributed by atoms with Crippen LogP contribution in [0.4, 0.5) is 0 Å². The zero-order chi connectivity index (χ0) is 19.6. The van der Waals surface area contributed by atoms with E-state index in [9.17, 15) is 5.11 Å². The van der Waals surface area contributed by atoms with Crippen molar-refractivity contribution in [2.75, 3.05) is 19.6 Å². The van der Waals surface area contributed by atoms with Crippen molar-refractivity contribution < 1.29 is 9.52 Å². The average molecular weight is 382 g/mol. The Kier molecular flexibility index (Phi) is 7.20. The topological polar surface area (TPSA) is 111 Å². The maximum Gasteiger partial charge on any atom is 0.216 e. The van der Waals surface area contributed by atoms with Crippen LogP contribution in [0.1, 0.15) is 30.8 Å². The van der Waals surface area contributed by atoms with E-state index >= 15 is 0 Å². The molecular formula is C20H26N6O2. The van der Waals surface area contributed by atoms with E-state index in [4.69, 9.17) is 4.42 Å². The van der Waals surface area contributed by atoms with Gasteiger partial charge in [0.1, 0.15) is 5.82 Å². The third-order valence-electron chi connectivity index (χ3n) is 4.13. The minimum atomic E-state index is -0.512. The quantitative estimate of drug-likeness (QED) is 0.334. The Hall–Kier alpha value is -3.13. The number of aromatic amines is 1. The second kappa shape index (κ2) is 10.3. The van der Waals surface area contributed by atoms with Crippen molar-refractivity contribution in [1.82, 2.24) is 25.8 Å². The van der Waals surface area contributed by atoms with Crippen molar-refractivity contribution in [3.63, 3.8) is 0 Å². The van der Waals surface area contributed by atoms with Gasteiger partial charge in [-0.05, 0) is 31.0 Å². The van der Waals surface area contributed by atoms with Gasteiger partial charge in [-0.2, -0.15) is 5.10 Å². The van der Waals surface area contributed by atoms with Gasteiger partial charge in [-0.3, -0.25) is 10.1 Å². The Morgan fingerprint density at radius 1 is 1.21 bits per heavy atom. The Labute approximate surface area is 164 Å². The van der Waals surface area contributed by atoms with Crippen LogP contribution in [-0.2, 0) is 6.42 Å². The summed E-state index contributed by atoms with van der Waals surface area (Å²) in [7, 11) is 0. The third-order valence-corrected chi connectivity index (χ3v) is 4.13. The Morgan fingerprint density at radius 3 is 2.82 bits per heavy atom. The van der Waals surface area contributed by atoms with Crippen LogP contribution in [0.25, 0.3) is 11.6 Å². The number of aliphatic hydroxyl groups is 1. The third kappa shape index (κ3) is 5.68. The second-order valence-electron chi connectivity index (χ2n) is 6.24. The molecule has 2 aromatic heterocycles. The number of aliphatic imine (C=N–C) groups is 1. The van der Waals surface area contributed by atoms with Crippen molar-refractivity contribution in [3.05, 3.63) is 60.1 Å². The van der Waals surface area contributed by atoms with Crippen LogP contribution in [0.3, 0.4) is 0 Å². The van der Waals surface area contributed by atoms with E-state index < -0.39 is 6.10 Å². The molecule has 0 fully saturated rings. The Bertz CT molecular complexity index is 845. The average Bonchev–Trinajstić information content (AvgIpc) is 3.40. The van der Waals surface area contributed by atoms with Gasteiger partial charge >= 0.3 is 0 Å². The predicted molar refractivity (Wildman–Crippen MR) is 108 cm³/mol. The zero-order valence-corrected chi connectivity index (χ0v) is 15.9. The van der Waals surface area contributed by atoms with Crippen molar-refractivity contribution in [2.45, 2.75) is 25.9 Å². The monoisotopic (exact) mass is 382 g/mol. The first-order valence-electron chi connectivity index (χ1n) is 9.46. The van der Waals surface area contributed by atoms with E-state index in [-0.39, 0.29) is 0 Å². The molecule has 0 spiro atoms. The van der Waals surface area contributed by atoms with Crippen molar-refractivity contribution >= 4 is 5.96 Å². The molecule has 8 heteroatoms. The van der Waals surface area contributed by atoms with Gasteiger partial charge in [0.25, 0.3) is 0 Å². The summed E-state index contributed by atoms with van der Waals surface area (Å²) in [5.74, 6) is 2.68. The molecule has 2 heterocycles. The molecule has 0 saturated heterocycles. The lowest BCUT2D eigenvalue weighted by Crippen LogP contribution is -2.38. The smallest absolute Gasteiger partial charge is 0.216 e. The molecule has 1 aromatic carbocycles. The highest BCUT2D eigenvalue weighted by Crippen LogP contribution is 2.16.